The van der Waals surface area contributed by atoms with Crippen molar-refractivity contribution in [2.45, 2.75) is 12.8 Å². The van der Waals surface area contributed by atoms with Crippen molar-refractivity contribution in [3.05, 3.63) is 71.9 Å². The molecule has 2 N–H and O–H groups in total. The van der Waals surface area contributed by atoms with Crippen LogP contribution in [0.2, 0.25) is 0 Å². The number of morpholine rings is 1. The predicted octanol–water partition coefficient (Wildman–Crippen LogP) is 3.08. The average molecular weight is 434 g/mol. The van der Waals surface area contributed by atoms with Gasteiger partial charge in [-0.2, -0.15) is 5.10 Å². The van der Waals surface area contributed by atoms with E-state index in [1.54, 1.807) is 13.1 Å². The number of carbonyl (C=O) groups excluding carboxylic acids is 2. The molecule has 0 saturated carbocycles. The van der Waals surface area contributed by atoms with E-state index in [4.69, 9.17) is 4.74 Å². The maximum Gasteiger partial charge on any atom is 0.276 e. The molecule has 0 radical (unpaired) electrons. The summed E-state index contributed by atoms with van der Waals surface area (Å²) < 4.78 is 6.88. The first-order valence-corrected chi connectivity index (χ1v) is 10.7. The molecule has 3 aromatic rings. The molecule has 8 nitrogen and oxygen atoms in total. The van der Waals surface area contributed by atoms with Gasteiger partial charge < -0.3 is 20.3 Å². The summed E-state index contributed by atoms with van der Waals surface area (Å²) in [5, 5.41) is 9.92. The number of amides is 2. The third kappa shape index (κ3) is 5.53. The fourth-order valence-electron chi connectivity index (χ4n) is 3.58. The largest absolute Gasteiger partial charge is 0.378 e. The summed E-state index contributed by atoms with van der Waals surface area (Å²) in [6.45, 7) is 3.17. The smallest absolute Gasteiger partial charge is 0.276 e. The number of hydrogen-bond acceptors (Lipinski definition) is 5. The fourth-order valence-corrected chi connectivity index (χ4v) is 3.58. The molecule has 1 fully saturated rings. The van der Waals surface area contributed by atoms with E-state index >= 15 is 0 Å². The molecule has 0 unspecified atom stereocenters. The van der Waals surface area contributed by atoms with Crippen LogP contribution < -0.4 is 15.5 Å². The Kier molecular flexibility index (Phi) is 6.81. The molecule has 166 valence electrons. The van der Waals surface area contributed by atoms with Gasteiger partial charge in [0.15, 0.2) is 5.69 Å². The SMILES string of the molecule is Cn1nc(C(=O)Nc2ccc(N3CCOCC3)cc2)cc1NC(=O)CCc1ccccc1. The minimum atomic E-state index is -0.329. The fraction of sp³-hybridized carbons (Fsp3) is 0.292. The van der Waals surface area contributed by atoms with Crippen molar-refractivity contribution < 1.29 is 14.3 Å². The number of nitrogens with zero attached hydrogens (tertiary/aromatic N) is 3. The molecule has 2 heterocycles. The van der Waals surface area contributed by atoms with Crippen LogP contribution in [-0.4, -0.2) is 47.9 Å². The second-order valence-electron chi connectivity index (χ2n) is 7.67. The minimum absolute atomic E-state index is 0.123. The van der Waals surface area contributed by atoms with E-state index in [0.29, 0.717) is 24.3 Å². The van der Waals surface area contributed by atoms with Crippen molar-refractivity contribution >= 4 is 29.0 Å². The number of hydrogen-bond donors (Lipinski definition) is 2. The number of nitrogens with one attached hydrogen (secondary N) is 2. The Balaban J connectivity index is 1.32. The molecule has 4 rings (SSSR count). The van der Waals surface area contributed by atoms with Gasteiger partial charge in [-0.15, -0.1) is 0 Å². The molecule has 8 heteroatoms. The van der Waals surface area contributed by atoms with Crippen molar-refractivity contribution in [3.63, 3.8) is 0 Å². The van der Waals surface area contributed by atoms with Crippen molar-refractivity contribution in [3.8, 4) is 0 Å². The minimum Gasteiger partial charge on any atom is -0.378 e. The van der Waals surface area contributed by atoms with Crippen LogP contribution in [0.25, 0.3) is 0 Å². The lowest BCUT2D eigenvalue weighted by Crippen LogP contribution is -2.36. The maximum absolute atomic E-state index is 12.6. The van der Waals surface area contributed by atoms with Gasteiger partial charge in [0.05, 0.1) is 13.2 Å². The molecule has 0 bridgehead atoms. The van der Waals surface area contributed by atoms with Crippen molar-refractivity contribution in [2.24, 2.45) is 7.05 Å². The Morgan fingerprint density at radius 2 is 1.72 bits per heavy atom. The number of carbonyl (C=O) groups is 2. The van der Waals surface area contributed by atoms with Crippen LogP contribution in [0, 0.1) is 0 Å². The number of ether oxygens (including phenoxy) is 1. The highest BCUT2D eigenvalue weighted by Crippen LogP contribution is 2.20. The first kappa shape index (κ1) is 21.6. The van der Waals surface area contributed by atoms with E-state index in [2.05, 4.69) is 20.6 Å². The predicted molar refractivity (Wildman–Crippen MR) is 124 cm³/mol. The zero-order valence-electron chi connectivity index (χ0n) is 18.1. The third-order valence-electron chi connectivity index (χ3n) is 5.36. The molecule has 1 aliphatic rings. The second-order valence-corrected chi connectivity index (χ2v) is 7.67. The molecular weight excluding hydrogens is 406 g/mol. The lowest BCUT2D eigenvalue weighted by molar-refractivity contribution is -0.116. The highest BCUT2D eigenvalue weighted by atomic mass is 16.5. The van der Waals surface area contributed by atoms with E-state index in [0.717, 1.165) is 37.6 Å². The lowest BCUT2D eigenvalue weighted by atomic mass is 10.1. The molecule has 0 atom stereocenters. The van der Waals surface area contributed by atoms with E-state index in [-0.39, 0.29) is 17.5 Å². The molecule has 1 aromatic heterocycles. The molecule has 0 spiro atoms. The van der Waals surface area contributed by atoms with Gasteiger partial charge in [-0.25, -0.2) is 0 Å². The Morgan fingerprint density at radius 1 is 1.00 bits per heavy atom. The van der Waals surface area contributed by atoms with Gasteiger partial charge >= 0.3 is 0 Å². The Morgan fingerprint density at radius 3 is 2.44 bits per heavy atom. The van der Waals surface area contributed by atoms with E-state index in [1.807, 2.05) is 54.6 Å². The van der Waals surface area contributed by atoms with Gasteiger partial charge in [-0.05, 0) is 36.2 Å². The van der Waals surface area contributed by atoms with Crippen LogP contribution in [-0.2, 0) is 23.0 Å². The van der Waals surface area contributed by atoms with Gasteiger partial charge in [0, 0.05) is 44.0 Å². The summed E-state index contributed by atoms with van der Waals surface area (Å²) >= 11 is 0. The van der Waals surface area contributed by atoms with E-state index < -0.39 is 0 Å². The summed E-state index contributed by atoms with van der Waals surface area (Å²) in [5.41, 5.74) is 3.13. The highest BCUT2D eigenvalue weighted by Gasteiger charge is 2.16. The number of rotatable bonds is 7. The van der Waals surface area contributed by atoms with Gasteiger partial charge in [0.2, 0.25) is 5.91 Å². The van der Waals surface area contributed by atoms with Crippen LogP contribution in [0.5, 0.6) is 0 Å². The molecule has 1 aliphatic heterocycles. The van der Waals surface area contributed by atoms with Gasteiger partial charge in [-0.3, -0.25) is 14.3 Å². The lowest BCUT2D eigenvalue weighted by Gasteiger charge is -2.28. The average Bonchev–Trinajstić information content (AvgIpc) is 3.19. The quantitative estimate of drug-likeness (QED) is 0.598. The molecular formula is C24H27N5O3. The summed E-state index contributed by atoms with van der Waals surface area (Å²) in [6.07, 6.45) is 1.00. The Hall–Kier alpha value is -3.65. The standard InChI is InChI=1S/C24H27N5O3/c1-28-22(26-23(30)12-7-18-5-3-2-4-6-18)17-21(27-28)24(31)25-19-8-10-20(11-9-19)29-13-15-32-16-14-29/h2-6,8-11,17H,7,12-16H2,1H3,(H,25,31)(H,26,30). The van der Waals surface area contributed by atoms with Gasteiger partial charge in [0.1, 0.15) is 5.82 Å². The van der Waals surface area contributed by atoms with Gasteiger partial charge in [0.25, 0.3) is 5.91 Å². The van der Waals surface area contributed by atoms with Crippen LogP contribution in [0.4, 0.5) is 17.2 Å². The van der Waals surface area contributed by atoms with Crippen molar-refractivity contribution in [2.75, 3.05) is 41.8 Å². The summed E-state index contributed by atoms with van der Waals surface area (Å²) in [5.74, 6) is 0.0305. The normalized spacial score (nSPS) is 13.6. The monoisotopic (exact) mass is 433 g/mol. The second kappa shape index (κ2) is 10.1. The van der Waals surface area contributed by atoms with Crippen molar-refractivity contribution in [1.82, 2.24) is 9.78 Å². The molecule has 1 saturated heterocycles. The summed E-state index contributed by atoms with van der Waals surface area (Å²) in [4.78, 5) is 27.2. The van der Waals surface area contributed by atoms with Crippen molar-refractivity contribution in [1.29, 1.82) is 0 Å². The first-order chi connectivity index (χ1) is 15.6. The van der Waals surface area contributed by atoms with E-state index in [1.165, 1.54) is 4.68 Å². The summed E-state index contributed by atoms with van der Waals surface area (Å²) in [7, 11) is 1.70. The molecule has 2 amide bonds. The Labute approximate surface area is 187 Å². The van der Waals surface area contributed by atoms with Crippen LogP contribution in [0.3, 0.4) is 0 Å². The number of aromatic nitrogens is 2. The maximum atomic E-state index is 12.6. The number of anilines is 3. The van der Waals surface area contributed by atoms with Crippen LogP contribution in [0.1, 0.15) is 22.5 Å². The van der Waals surface area contributed by atoms with E-state index in [9.17, 15) is 9.59 Å². The number of aryl methyl sites for hydroxylation is 2. The molecule has 32 heavy (non-hydrogen) atoms. The third-order valence-corrected chi connectivity index (χ3v) is 5.36. The van der Waals surface area contributed by atoms with Gasteiger partial charge in [-0.1, -0.05) is 30.3 Å². The molecule has 0 aliphatic carbocycles. The molecule has 2 aromatic carbocycles. The summed E-state index contributed by atoms with van der Waals surface area (Å²) in [6, 6.07) is 19.1. The first-order valence-electron chi connectivity index (χ1n) is 10.7. The number of benzene rings is 2. The zero-order valence-corrected chi connectivity index (χ0v) is 18.1. The van der Waals surface area contributed by atoms with Crippen LogP contribution >= 0.6 is 0 Å². The highest BCUT2D eigenvalue weighted by molar-refractivity contribution is 6.04. The van der Waals surface area contributed by atoms with Crippen LogP contribution in [0.15, 0.2) is 60.7 Å². The zero-order chi connectivity index (χ0) is 22.3. The Bertz CT molecular complexity index is 1060. The topological polar surface area (TPSA) is 88.5 Å².